The van der Waals surface area contributed by atoms with Crippen molar-refractivity contribution in [2.75, 3.05) is 19.5 Å². The molecule has 21 heavy (non-hydrogen) atoms. The predicted molar refractivity (Wildman–Crippen MR) is 80.8 cm³/mol. The molecule has 1 aromatic carbocycles. The average molecular weight is 284 g/mol. The highest BCUT2D eigenvalue weighted by atomic mass is 16.5. The molecule has 0 spiro atoms. The number of ether oxygens (including phenoxy) is 2. The lowest BCUT2D eigenvalue weighted by molar-refractivity contribution is 0.356. The third-order valence-electron chi connectivity index (χ3n) is 3.25. The zero-order chi connectivity index (χ0) is 14.7. The van der Waals surface area contributed by atoms with Crippen LogP contribution in [0.3, 0.4) is 0 Å². The summed E-state index contributed by atoms with van der Waals surface area (Å²) in [5, 5.41) is 5.28. The highest BCUT2D eigenvalue weighted by molar-refractivity contribution is 5.94. The summed E-state index contributed by atoms with van der Waals surface area (Å²) >= 11 is 0. The van der Waals surface area contributed by atoms with Crippen LogP contribution in [0.15, 0.2) is 36.8 Å². The summed E-state index contributed by atoms with van der Waals surface area (Å²) in [5.41, 5.74) is 0. The van der Waals surface area contributed by atoms with Gasteiger partial charge in [0.1, 0.15) is 11.6 Å². The van der Waals surface area contributed by atoms with Gasteiger partial charge in [0.15, 0.2) is 11.5 Å². The van der Waals surface area contributed by atoms with Gasteiger partial charge in [0, 0.05) is 24.0 Å². The first-order chi connectivity index (χ1) is 10.3. The van der Waals surface area contributed by atoms with Crippen LogP contribution in [0.1, 0.15) is 5.82 Å². The van der Waals surface area contributed by atoms with Gasteiger partial charge < -0.3 is 19.8 Å². The molecule has 0 radical (unpaired) electrons. The van der Waals surface area contributed by atoms with Gasteiger partial charge in [-0.1, -0.05) is 0 Å². The summed E-state index contributed by atoms with van der Waals surface area (Å²) in [6.45, 7) is 0.577. The molecule has 3 aromatic rings. The normalized spacial score (nSPS) is 10.6. The maximum atomic E-state index is 5.35. The largest absolute Gasteiger partial charge is 0.493 e. The molecule has 0 aliphatic heterocycles. The summed E-state index contributed by atoms with van der Waals surface area (Å²) in [4.78, 5) is 11.6. The lowest BCUT2D eigenvalue weighted by atomic mass is 10.1. The van der Waals surface area contributed by atoms with Crippen molar-refractivity contribution in [2.45, 2.75) is 6.54 Å². The van der Waals surface area contributed by atoms with Crippen molar-refractivity contribution in [2.24, 2.45) is 0 Å². The molecule has 0 unspecified atom stereocenters. The summed E-state index contributed by atoms with van der Waals surface area (Å²) in [6, 6.07) is 5.80. The van der Waals surface area contributed by atoms with Gasteiger partial charge in [-0.25, -0.2) is 9.97 Å². The van der Waals surface area contributed by atoms with E-state index in [4.69, 9.17) is 9.47 Å². The van der Waals surface area contributed by atoms with Gasteiger partial charge in [0.05, 0.1) is 20.8 Å². The molecule has 0 saturated carbocycles. The molecule has 0 saturated heterocycles. The fourth-order valence-corrected chi connectivity index (χ4v) is 2.20. The van der Waals surface area contributed by atoms with Gasteiger partial charge in [-0.15, -0.1) is 0 Å². The van der Waals surface area contributed by atoms with Crippen molar-refractivity contribution in [1.29, 1.82) is 0 Å². The van der Waals surface area contributed by atoms with Crippen molar-refractivity contribution in [1.82, 2.24) is 15.0 Å². The molecule has 6 nitrogen and oxygen atoms in total. The molecule has 0 bridgehead atoms. The van der Waals surface area contributed by atoms with Gasteiger partial charge in [-0.05, 0) is 23.6 Å². The maximum Gasteiger partial charge on any atom is 0.161 e. The molecular formula is C15H16N4O2. The third kappa shape index (κ3) is 2.60. The van der Waals surface area contributed by atoms with Gasteiger partial charge >= 0.3 is 0 Å². The van der Waals surface area contributed by atoms with Crippen LogP contribution in [0.2, 0.25) is 0 Å². The van der Waals surface area contributed by atoms with E-state index >= 15 is 0 Å². The minimum Gasteiger partial charge on any atom is -0.493 e. The van der Waals surface area contributed by atoms with E-state index in [0.29, 0.717) is 18.0 Å². The van der Waals surface area contributed by atoms with Crippen molar-refractivity contribution in [3.05, 3.63) is 42.6 Å². The van der Waals surface area contributed by atoms with E-state index in [1.165, 1.54) is 0 Å². The Morgan fingerprint density at radius 2 is 1.90 bits per heavy atom. The lowest BCUT2D eigenvalue weighted by Gasteiger charge is -2.12. The molecule has 0 aliphatic rings. The van der Waals surface area contributed by atoms with Crippen LogP contribution in [0.4, 0.5) is 5.82 Å². The average Bonchev–Trinajstić information content (AvgIpc) is 3.04. The maximum absolute atomic E-state index is 5.35. The molecule has 0 amide bonds. The fourth-order valence-electron chi connectivity index (χ4n) is 2.20. The number of hydrogen-bond donors (Lipinski definition) is 2. The zero-order valence-electron chi connectivity index (χ0n) is 11.9. The van der Waals surface area contributed by atoms with E-state index in [1.807, 2.05) is 18.2 Å². The number of imidazole rings is 1. The number of benzene rings is 1. The Bertz CT molecular complexity index is 741. The number of nitrogens with one attached hydrogen (secondary N) is 2. The number of hydrogen-bond acceptors (Lipinski definition) is 5. The quantitative estimate of drug-likeness (QED) is 0.753. The molecule has 108 valence electrons. The van der Waals surface area contributed by atoms with Crippen LogP contribution in [0.25, 0.3) is 10.8 Å². The van der Waals surface area contributed by atoms with E-state index in [9.17, 15) is 0 Å². The Morgan fingerprint density at radius 3 is 2.62 bits per heavy atom. The molecule has 2 heterocycles. The number of methoxy groups -OCH3 is 2. The molecule has 2 aromatic heterocycles. The second kappa shape index (κ2) is 5.70. The minimum atomic E-state index is 0.577. The Hall–Kier alpha value is -2.76. The highest BCUT2D eigenvalue weighted by Gasteiger charge is 2.09. The Balaban J connectivity index is 1.98. The minimum absolute atomic E-state index is 0.577. The van der Waals surface area contributed by atoms with E-state index < -0.39 is 0 Å². The number of H-pyrrole nitrogens is 1. The summed E-state index contributed by atoms with van der Waals surface area (Å²) < 4.78 is 10.7. The highest BCUT2D eigenvalue weighted by Crippen LogP contribution is 2.34. The van der Waals surface area contributed by atoms with Crippen molar-refractivity contribution >= 4 is 16.6 Å². The van der Waals surface area contributed by atoms with Gasteiger partial charge in [-0.2, -0.15) is 0 Å². The number of aromatic amines is 1. The SMILES string of the molecule is COc1cc2ccnc(NCc3ncc[nH]3)c2cc1OC. The second-order valence-corrected chi connectivity index (χ2v) is 4.48. The number of nitrogens with zero attached hydrogens (tertiary/aromatic N) is 2. The number of fused-ring (bicyclic) bond motifs is 1. The topological polar surface area (TPSA) is 72.1 Å². The third-order valence-corrected chi connectivity index (χ3v) is 3.25. The fraction of sp³-hybridized carbons (Fsp3) is 0.200. The first kappa shape index (κ1) is 13.2. The zero-order valence-corrected chi connectivity index (χ0v) is 11.9. The Kier molecular flexibility index (Phi) is 3.59. The summed E-state index contributed by atoms with van der Waals surface area (Å²) in [5.74, 6) is 3.02. The molecule has 3 rings (SSSR count). The van der Waals surface area contributed by atoms with Gasteiger partial charge in [0.25, 0.3) is 0 Å². The number of rotatable bonds is 5. The van der Waals surface area contributed by atoms with Crippen molar-refractivity contribution in [3.63, 3.8) is 0 Å². The van der Waals surface area contributed by atoms with E-state index in [1.54, 1.807) is 32.8 Å². The van der Waals surface area contributed by atoms with E-state index in [-0.39, 0.29) is 0 Å². The van der Waals surface area contributed by atoms with Gasteiger partial charge in [0.2, 0.25) is 0 Å². The predicted octanol–water partition coefficient (Wildman–Crippen LogP) is 2.59. The molecule has 0 aliphatic carbocycles. The lowest BCUT2D eigenvalue weighted by Crippen LogP contribution is -2.03. The second-order valence-electron chi connectivity index (χ2n) is 4.48. The van der Waals surface area contributed by atoms with E-state index in [0.717, 1.165) is 22.4 Å². The molecular weight excluding hydrogens is 268 g/mol. The monoisotopic (exact) mass is 284 g/mol. The number of pyridine rings is 1. The molecule has 0 atom stereocenters. The van der Waals surface area contributed by atoms with Crippen molar-refractivity contribution in [3.8, 4) is 11.5 Å². The first-order valence-electron chi connectivity index (χ1n) is 6.54. The van der Waals surface area contributed by atoms with Crippen LogP contribution < -0.4 is 14.8 Å². The molecule has 2 N–H and O–H groups in total. The smallest absolute Gasteiger partial charge is 0.161 e. The number of aromatic nitrogens is 3. The van der Waals surface area contributed by atoms with Crippen LogP contribution in [-0.4, -0.2) is 29.2 Å². The number of anilines is 1. The van der Waals surface area contributed by atoms with Crippen LogP contribution in [0.5, 0.6) is 11.5 Å². The van der Waals surface area contributed by atoms with Crippen LogP contribution in [0, 0.1) is 0 Å². The first-order valence-corrected chi connectivity index (χ1v) is 6.54. The summed E-state index contributed by atoms with van der Waals surface area (Å²) in [6.07, 6.45) is 5.28. The van der Waals surface area contributed by atoms with Crippen molar-refractivity contribution < 1.29 is 9.47 Å². The standard InChI is InChI=1S/C15H16N4O2/c1-20-12-7-10-3-4-18-15(11(10)8-13(12)21-2)19-9-14-16-5-6-17-14/h3-8H,9H2,1-2H3,(H,16,17)(H,18,19). The van der Waals surface area contributed by atoms with Crippen LogP contribution >= 0.6 is 0 Å². The van der Waals surface area contributed by atoms with Gasteiger partial charge in [-0.3, -0.25) is 0 Å². The summed E-state index contributed by atoms with van der Waals surface area (Å²) in [7, 11) is 3.25. The molecule has 6 heteroatoms. The van der Waals surface area contributed by atoms with Crippen LogP contribution in [-0.2, 0) is 6.54 Å². The Labute approximate surface area is 122 Å². The molecule has 0 fully saturated rings. The van der Waals surface area contributed by atoms with E-state index in [2.05, 4.69) is 20.3 Å². The Morgan fingerprint density at radius 1 is 1.10 bits per heavy atom.